The van der Waals surface area contributed by atoms with Gasteiger partial charge in [0.1, 0.15) is 5.82 Å². The summed E-state index contributed by atoms with van der Waals surface area (Å²) in [7, 11) is 0. The Kier molecular flexibility index (Phi) is 3.97. The van der Waals surface area contributed by atoms with E-state index in [9.17, 15) is 4.79 Å². The summed E-state index contributed by atoms with van der Waals surface area (Å²) in [5, 5.41) is 12.7. The van der Waals surface area contributed by atoms with Crippen LogP contribution in [0.1, 0.15) is 27.3 Å². The Labute approximate surface area is 132 Å². The second-order valence-electron chi connectivity index (χ2n) is 5.06. The molecule has 3 rings (SSSR count). The maximum atomic E-state index is 12.1. The van der Waals surface area contributed by atoms with Gasteiger partial charge in [-0.1, -0.05) is 34.3 Å². The minimum absolute atomic E-state index is 0.279. The molecule has 0 aliphatic heterocycles. The predicted octanol–water partition coefficient (Wildman–Crippen LogP) is 2.65. The SMILES string of the molecule is Cc1cccc(Cn2nc(C)cc2NC(=O)c2csnn2)c1. The van der Waals surface area contributed by atoms with Gasteiger partial charge in [0.05, 0.1) is 12.2 Å². The van der Waals surface area contributed by atoms with Crippen molar-refractivity contribution in [2.45, 2.75) is 20.4 Å². The lowest BCUT2D eigenvalue weighted by Gasteiger charge is -2.08. The van der Waals surface area contributed by atoms with Crippen molar-refractivity contribution in [1.29, 1.82) is 0 Å². The molecule has 22 heavy (non-hydrogen) atoms. The highest BCUT2D eigenvalue weighted by Crippen LogP contribution is 2.15. The number of aryl methyl sites for hydroxylation is 2. The van der Waals surface area contributed by atoms with Crippen LogP contribution in [0.15, 0.2) is 35.7 Å². The van der Waals surface area contributed by atoms with Crippen molar-refractivity contribution in [1.82, 2.24) is 19.4 Å². The van der Waals surface area contributed by atoms with E-state index in [1.807, 2.05) is 25.1 Å². The molecule has 0 unspecified atom stereocenters. The van der Waals surface area contributed by atoms with Gasteiger partial charge in [0.2, 0.25) is 0 Å². The number of benzene rings is 1. The van der Waals surface area contributed by atoms with E-state index in [-0.39, 0.29) is 5.91 Å². The van der Waals surface area contributed by atoms with Crippen molar-refractivity contribution < 1.29 is 4.79 Å². The van der Waals surface area contributed by atoms with Crippen LogP contribution in [0.5, 0.6) is 0 Å². The highest BCUT2D eigenvalue weighted by Gasteiger charge is 2.13. The molecule has 0 fully saturated rings. The number of rotatable bonds is 4. The molecule has 2 aromatic heterocycles. The van der Waals surface area contributed by atoms with Gasteiger partial charge in [-0.15, -0.1) is 5.10 Å². The minimum atomic E-state index is -0.279. The molecule has 0 bridgehead atoms. The largest absolute Gasteiger partial charge is 0.305 e. The van der Waals surface area contributed by atoms with Gasteiger partial charge in [0.25, 0.3) is 5.91 Å². The van der Waals surface area contributed by atoms with Crippen LogP contribution in [0.2, 0.25) is 0 Å². The molecule has 7 heteroatoms. The molecule has 0 saturated heterocycles. The highest BCUT2D eigenvalue weighted by atomic mass is 32.1. The van der Waals surface area contributed by atoms with Crippen LogP contribution in [0.3, 0.4) is 0 Å². The Balaban J connectivity index is 1.82. The minimum Gasteiger partial charge on any atom is -0.305 e. The smallest absolute Gasteiger partial charge is 0.278 e. The number of carbonyl (C=O) groups excluding carboxylic acids is 1. The topological polar surface area (TPSA) is 72.7 Å². The molecule has 0 atom stereocenters. The lowest BCUT2D eigenvalue weighted by Crippen LogP contribution is -2.16. The summed E-state index contributed by atoms with van der Waals surface area (Å²) in [5.74, 6) is 0.371. The molecule has 3 aromatic rings. The van der Waals surface area contributed by atoms with E-state index in [2.05, 4.69) is 39.1 Å². The number of nitrogens with one attached hydrogen (secondary N) is 1. The van der Waals surface area contributed by atoms with Gasteiger partial charge in [-0.2, -0.15) is 5.10 Å². The van der Waals surface area contributed by atoms with Crippen LogP contribution in [0.4, 0.5) is 5.82 Å². The summed E-state index contributed by atoms with van der Waals surface area (Å²) in [6, 6.07) is 10.1. The normalized spacial score (nSPS) is 10.6. The molecule has 0 radical (unpaired) electrons. The molecule has 0 spiro atoms. The first-order chi connectivity index (χ1) is 10.6. The van der Waals surface area contributed by atoms with Crippen molar-refractivity contribution in [3.8, 4) is 0 Å². The van der Waals surface area contributed by atoms with Gasteiger partial charge in [-0.25, -0.2) is 4.68 Å². The summed E-state index contributed by atoms with van der Waals surface area (Å²) >= 11 is 1.15. The third-order valence-electron chi connectivity index (χ3n) is 3.15. The van der Waals surface area contributed by atoms with Crippen LogP contribution >= 0.6 is 11.5 Å². The summed E-state index contributed by atoms with van der Waals surface area (Å²) in [4.78, 5) is 12.1. The fourth-order valence-corrected chi connectivity index (χ4v) is 2.63. The zero-order valence-corrected chi connectivity index (χ0v) is 13.1. The Morgan fingerprint density at radius 3 is 2.91 bits per heavy atom. The van der Waals surface area contributed by atoms with Crippen LogP contribution in [0, 0.1) is 13.8 Å². The average Bonchev–Trinajstić information content (AvgIpc) is 3.09. The van der Waals surface area contributed by atoms with Gasteiger partial charge in [0, 0.05) is 11.4 Å². The summed E-state index contributed by atoms with van der Waals surface area (Å²) in [5.41, 5.74) is 3.49. The van der Waals surface area contributed by atoms with Crippen molar-refractivity contribution >= 4 is 23.3 Å². The van der Waals surface area contributed by atoms with Crippen LogP contribution < -0.4 is 5.32 Å². The molecule has 112 valence electrons. The van der Waals surface area contributed by atoms with Gasteiger partial charge in [-0.3, -0.25) is 4.79 Å². The molecular weight excluding hydrogens is 298 g/mol. The van der Waals surface area contributed by atoms with Gasteiger partial charge in [0.15, 0.2) is 5.69 Å². The number of hydrogen-bond donors (Lipinski definition) is 1. The van der Waals surface area contributed by atoms with Crippen molar-refractivity contribution in [3.05, 3.63) is 58.2 Å². The van der Waals surface area contributed by atoms with E-state index in [1.54, 1.807) is 10.1 Å². The van der Waals surface area contributed by atoms with Gasteiger partial charge < -0.3 is 5.32 Å². The summed E-state index contributed by atoms with van der Waals surface area (Å²) in [6.07, 6.45) is 0. The van der Waals surface area contributed by atoms with Gasteiger partial charge in [-0.05, 0) is 30.9 Å². The molecule has 1 N–H and O–H groups in total. The van der Waals surface area contributed by atoms with E-state index in [0.717, 1.165) is 22.8 Å². The number of carbonyl (C=O) groups is 1. The Morgan fingerprint density at radius 1 is 1.32 bits per heavy atom. The van der Waals surface area contributed by atoms with Crippen molar-refractivity contribution in [2.24, 2.45) is 0 Å². The molecule has 6 nitrogen and oxygen atoms in total. The summed E-state index contributed by atoms with van der Waals surface area (Å²) in [6.45, 7) is 4.54. The van der Waals surface area contributed by atoms with Crippen molar-refractivity contribution in [3.63, 3.8) is 0 Å². The zero-order chi connectivity index (χ0) is 15.5. The third-order valence-corrected chi connectivity index (χ3v) is 3.66. The van der Waals surface area contributed by atoms with Crippen LogP contribution in [0.25, 0.3) is 0 Å². The fraction of sp³-hybridized carbons (Fsp3) is 0.200. The maximum Gasteiger partial charge on any atom is 0.278 e. The second-order valence-corrected chi connectivity index (χ2v) is 5.67. The number of hydrogen-bond acceptors (Lipinski definition) is 5. The molecule has 0 saturated carbocycles. The van der Waals surface area contributed by atoms with E-state index in [4.69, 9.17) is 0 Å². The van der Waals surface area contributed by atoms with Crippen LogP contribution in [-0.4, -0.2) is 25.3 Å². The first-order valence-electron chi connectivity index (χ1n) is 6.80. The lowest BCUT2D eigenvalue weighted by atomic mass is 10.1. The number of aromatic nitrogens is 4. The van der Waals surface area contributed by atoms with Crippen LogP contribution in [-0.2, 0) is 6.54 Å². The molecular formula is C15H15N5OS. The predicted molar refractivity (Wildman–Crippen MR) is 85.1 cm³/mol. The first-order valence-corrected chi connectivity index (χ1v) is 7.64. The Hall–Kier alpha value is -2.54. The Morgan fingerprint density at radius 2 is 2.18 bits per heavy atom. The quantitative estimate of drug-likeness (QED) is 0.803. The second kappa shape index (κ2) is 6.07. The molecule has 2 heterocycles. The summed E-state index contributed by atoms with van der Waals surface area (Å²) < 4.78 is 5.48. The van der Waals surface area contributed by atoms with E-state index in [0.29, 0.717) is 18.1 Å². The zero-order valence-electron chi connectivity index (χ0n) is 12.3. The Bertz CT molecular complexity index is 794. The molecule has 0 aliphatic carbocycles. The van der Waals surface area contributed by atoms with Crippen molar-refractivity contribution in [2.75, 3.05) is 5.32 Å². The van der Waals surface area contributed by atoms with Gasteiger partial charge >= 0.3 is 0 Å². The number of amides is 1. The fourth-order valence-electron chi connectivity index (χ4n) is 2.19. The first kappa shape index (κ1) is 14.4. The molecule has 1 amide bonds. The number of nitrogens with zero attached hydrogens (tertiary/aromatic N) is 4. The lowest BCUT2D eigenvalue weighted by molar-refractivity contribution is 0.102. The van der Waals surface area contributed by atoms with E-state index in [1.165, 1.54) is 5.56 Å². The molecule has 0 aliphatic rings. The molecule has 1 aromatic carbocycles. The number of anilines is 1. The highest BCUT2D eigenvalue weighted by molar-refractivity contribution is 7.03. The van der Waals surface area contributed by atoms with E-state index >= 15 is 0 Å². The van der Waals surface area contributed by atoms with E-state index < -0.39 is 0 Å². The average molecular weight is 313 g/mol. The standard InChI is InChI=1S/C15H15N5OS/c1-10-4-3-5-12(6-10)8-20-14(7-11(2)18-20)16-15(21)13-9-22-19-17-13/h3-7,9H,8H2,1-2H3,(H,16,21). The maximum absolute atomic E-state index is 12.1. The third kappa shape index (κ3) is 3.20. The monoisotopic (exact) mass is 313 g/mol.